The molecule has 0 spiro atoms. The summed E-state index contributed by atoms with van der Waals surface area (Å²) in [4.78, 5) is 32.1. The number of aromatic nitrogens is 2. The van der Waals surface area contributed by atoms with Crippen molar-refractivity contribution in [1.82, 2.24) is 14.9 Å². The Labute approximate surface area is 126 Å². The fourth-order valence-electron chi connectivity index (χ4n) is 2.32. The van der Waals surface area contributed by atoms with Gasteiger partial charge in [-0.2, -0.15) is 0 Å². The largest absolute Gasteiger partial charge is 0.543 e. The lowest BCUT2D eigenvalue weighted by molar-refractivity contribution is -0.255. The molecule has 0 aliphatic carbocycles. The first-order valence-corrected chi connectivity index (χ1v) is 6.90. The Morgan fingerprint density at radius 2 is 1.86 bits per heavy atom. The molecular formula is C15H14N3O4-. The van der Waals surface area contributed by atoms with Crippen molar-refractivity contribution in [2.24, 2.45) is 0 Å². The van der Waals surface area contributed by atoms with Crippen molar-refractivity contribution in [3.8, 4) is 11.4 Å². The number of hydrogen-bond donors (Lipinski definition) is 1. The number of aromatic amines is 1. The number of H-pyrrole nitrogens is 1. The van der Waals surface area contributed by atoms with E-state index in [-0.39, 0.29) is 11.4 Å². The van der Waals surface area contributed by atoms with E-state index >= 15 is 0 Å². The summed E-state index contributed by atoms with van der Waals surface area (Å²) in [7, 11) is 0. The van der Waals surface area contributed by atoms with Crippen LogP contribution in [0.3, 0.4) is 0 Å². The number of rotatable bonds is 3. The van der Waals surface area contributed by atoms with Crippen molar-refractivity contribution in [3.05, 3.63) is 41.7 Å². The van der Waals surface area contributed by atoms with Crippen molar-refractivity contribution < 1.29 is 19.4 Å². The summed E-state index contributed by atoms with van der Waals surface area (Å²) >= 11 is 0. The quantitative estimate of drug-likeness (QED) is 0.854. The molecule has 0 radical (unpaired) electrons. The minimum atomic E-state index is -1.45. The Morgan fingerprint density at radius 1 is 1.18 bits per heavy atom. The Hall–Kier alpha value is -2.67. The standard InChI is InChI=1S/C15H15N3O4/c19-14(18-6-8-22-9-7-18)11-12(15(20)21)17-13(16-11)10-4-2-1-3-5-10/h1-5H,6-9H2,(H,16,17)(H,20,21)/p-1. The molecule has 1 aliphatic rings. The molecular weight excluding hydrogens is 286 g/mol. The van der Waals surface area contributed by atoms with Crippen LogP contribution in [0, 0.1) is 0 Å². The molecule has 0 atom stereocenters. The Balaban J connectivity index is 1.97. The van der Waals surface area contributed by atoms with Gasteiger partial charge in [-0.3, -0.25) is 4.79 Å². The van der Waals surface area contributed by atoms with Crippen LogP contribution in [0.4, 0.5) is 0 Å². The highest BCUT2D eigenvalue weighted by Gasteiger charge is 2.25. The number of carbonyl (C=O) groups is 2. The van der Waals surface area contributed by atoms with E-state index in [2.05, 4.69) is 9.97 Å². The van der Waals surface area contributed by atoms with Crippen LogP contribution in [0.25, 0.3) is 11.4 Å². The van der Waals surface area contributed by atoms with E-state index in [1.54, 1.807) is 24.3 Å². The average Bonchev–Trinajstić information content (AvgIpc) is 3.01. The maximum Gasteiger partial charge on any atom is 0.274 e. The first kappa shape index (κ1) is 14.3. The van der Waals surface area contributed by atoms with Gasteiger partial charge in [0.1, 0.15) is 5.82 Å². The SMILES string of the molecule is O=C([O-])c1[nH]c(-c2ccccc2)nc1C(=O)N1CCOCC1. The second-order valence-electron chi connectivity index (χ2n) is 4.87. The van der Waals surface area contributed by atoms with E-state index < -0.39 is 11.9 Å². The lowest BCUT2D eigenvalue weighted by Crippen LogP contribution is -2.41. The van der Waals surface area contributed by atoms with E-state index in [9.17, 15) is 14.7 Å². The Kier molecular flexibility index (Phi) is 3.88. The molecule has 0 saturated carbocycles. The van der Waals surface area contributed by atoms with Gasteiger partial charge in [0.2, 0.25) is 0 Å². The Bertz CT molecular complexity index is 690. The highest BCUT2D eigenvalue weighted by molar-refractivity contribution is 6.02. The number of carboxylic acid groups (broad SMARTS) is 1. The van der Waals surface area contributed by atoms with Crippen LogP contribution in [-0.4, -0.2) is 53.0 Å². The molecule has 1 amide bonds. The molecule has 0 bridgehead atoms. The fraction of sp³-hybridized carbons (Fsp3) is 0.267. The third kappa shape index (κ3) is 2.71. The molecule has 7 nitrogen and oxygen atoms in total. The monoisotopic (exact) mass is 300 g/mol. The number of nitrogens with one attached hydrogen (secondary N) is 1. The number of amides is 1. The normalized spacial score (nSPS) is 14.8. The van der Waals surface area contributed by atoms with Crippen LogP contribution in [0.5, 0.6) is 0 Å². The summed E-state index contributed by atoms with van der Waals surface area (Å²) in [6.45, 7) is 1.70. The first-order chi connectivity index (χ1) is 10.7. The van der Waals surface area contributed by atoms with Gasteiger partial charge in [0.15, 0.2) is 5.69 Å². The van der Waals surface area contributed by atoms with E-state index in [1.807, 2.05) is 6.07 Å². The lowest BCUT2D eigenvalue weighted by Gasteiger charge is -2.26. The molecule has 1 N–H and O–H groups in total. The number of nitrogens with zero attached hydrogens (tertiary/aromatic N) is 2. The predicted octanol–water partition coefficient (Wildman–Crippen LogP) is -0.0874. The van der Waals surface area contributed by atoms with Crippen molar-refractivity contribution in [1.29, 1.82) is 0 Å². The molecule has 1 fully saturated rings. The summed E-state index contributed by atoms with van der Waals surface area (Å²) in [6, 6.07) is 9.01. The topological polar surface area (TPSA) is 98.3 Å². The van der Waals surface area contributed by atoms with Crippen LogP contribution in [0.15, 0.2) is 30.3 Å². The second kappa shape index (κ2) is 5.98. The molecule has 1 aromatic heterocycles. The predicted molar refractivity (Wildman–Crippen MR) is 75.1 cm³/mol. The average molecular weight is 300 g/mol. The lowest BCUT2D eigenvalue weighted by atomic mass is 10.2. The summed E-state index contributed by atoms with van der Waals surface area (Å²) in [6.07, 6.45) is 0. The fourth-order valence-corrected chi connectivity index (χ4v) is 2.32. The van der Waals surface area contributed by atoms with Gasteiger partial charge in [0.05, 0.1) is 24.9 Å². The van der Waals surface area contributed by atoms with Crippen LogP contribution >= 0.6 is 0 Å². The third-order valence-corrected chi connectivity index (χ3v) is 3.46. The van der Waals surface area contributed by atoms with E-state index in [1.165, 1.54) is 4.90 Å². The van der Waals surface area contributed by atoms with Crippen LogP contribution in [0.2, 0.25) is 0 Å². The van der Waals surface area contributed by atoms with Gasteiger partial charge >= 0.3 is 0 Å². The second-order valence-corrected chi connectivity index (χ2v) is 4.87. The van der Waals surface area contributed by atoms with Crippen molar-refractivity contribution in [2.75, 3.05) is 26.3 Å². The zero-order valence-electron chi connectivity index (χ0n) is 11.7. The molecule has 7 heteroatoms. The van der Waals surface area contributed by atoms with Gasteiger partial charge in [0.25, 0.3) is 5.91 Å². The van der Waals surface area contributed by atoms with Gasteiger partial charge in [-0.25, -0.2) is 4.98 Å². The number of carbonyl (C=O) groups excluding carboxylic acids is 2. The van der Waals surface area contributed by atoms with E-state index in [0.29, 0.717) is 37.7 Å². The van der Waals surface area contributed by atoms with Crippen molar-refractivity contribution in [3.63, 3.8) is 0 Å². The zero-order valence-corrected chi connectivity index (χ0v) is 11.7. The van der Waals surface area contributed by atoms with Gasteiger partial charge in [-0.15, -0.1) is 0 Å². The molecule has 3 rings (SSSR count). The highest BCUT2D eigenvalue weighted by atomic mass is 16.5. The van der Waals surface area contributed by atoms with Crippen molar-refractivity contribution in [2.45, 2.75) is 0 Å². The van der Waals surface area contributed by atoms with Gasteiger partial charge in [0, 0.05) is 18.7 Å². The number of aromatic carboxylic acids is 1. The van der Waals surface area contributed by atoms with E-state index in [0.717, 1.165) is 0 Å². The van der Waals surface area contributed by atoms with E-state index in [4.69, 9.17) is 4.74 Å². The highest BCUT2D eigenvalue weighted by Crippen LogP contribution is 2.19. The number of hydrogen-bond acceptors (Lipinski definition) is 5. The zero-order chi connectivity index (χ0) is 15.5. The van der Waals surface area contributed by atoms with Crippen LogP contribution in [-0.2, 0) is 4.74 Å². The maximum absolute atomic E-state index is 12.5. The molecule has 114 valence electrons. The molecule has 1 aromatic carbocycles. The van der Waals surface area contributed by atoms with Crippen LogP contribution in [0.1, 0.15) is 21.0 Å². The number of ether oxygens (including phenoxy) is 1. The number of carboxylic acids is 1. The van der Waals surface area contributed by atoms with Gasteiger partial charge in [-0.1, -0.05) is 30.3 Å². The summed E-state index contributed by atoms with van der Waals surface area (Å²) < 4.78 is 5.19. The van der Waals surface area contributed by atoms with Crippen LogP contribution < -0.4 is 5.11 Å². The van der Waals surface area contributed by atoms with Gasteiger partial charge < -0.3 is 24.5 Å². The molecule has 1 aliphatic heterocycles. The maximum atomic E-state index is 12.5. The summed E-state index contributed by atoms with van der Waals surface area (Å²) in [5, 5.41) is 11.3. The number of imidazole rings is 1. The minimum absolute atomic E-state index is 0.124. The first-order valence-electron chi connectivity index (χ1n) is 6.90. The summed E-state index contributed by atoms with van der Waals surface area (Å²) in [5.74, 6) is -1.55. The van der Waals surface area contributed by atoms with Gasteiger partial charge in [-0.05, 0) is 0 Å². The molecule has 22 heavy (non-hydrogen) atoms. The van der Waals surface area contributed by atoms with Crippen molar-refractivity contribution >= 4 is 11.9 Å². The summed E-state index contributed by atoms with van der Waals surface area (Å²) in [5.41, 5.74) is 0.280. The number of morpholine rings is 1. The minimum Gasteiger partial charge on any atom is -0.543 e. The third-order valence-electron chi connectivity index (χ3n) is 3.46. The molecule has 1 saturated heterocycles. The Morgan fingerprint density at radius 3 is 2.50 bits per heavy atom. The number of benzene rings is 1. The smallest absolute Gasteiger partial charge is 0.274 e. The molecule has 2 aromatic rings. The molecule has 2 heterocycles. The molecule has 0 unspecified atom stereocenters.